The maximum absolute atomic E-state index is 12.5. The van der Waals surface area contributed by atoms with Crippen molar-refractivity contribution in [2.24, 2.45) is 0 Å². The summed E-state index contributed by atoms with van der Waals surface area (Å²) >= 11 is 0. The minimum Gasteiger partial charge on any atom is -0.497 e. The van der Waals surface area contributed by atoms with Gasteiger partial charge in [-0.2, -0.15) is 0 Å². The van der Waals surface area contributed by atoms with E-state index in [1.165, 1.54) is 5.69 Å². The number of H-pyrrole nitrogens is 1. The van der Waals surface area contributed by atoms with Crippen molar-refractivity contribution in [3.05, 3.63) is 64.4 Å². The van der Waals surface area contributed by atoms with E-state index < -0.39 is 0 Å². The minimum absolute atomic E-state index is 0.0868. The SMILES string of the molecule is COCCN1CCN(c2ccc(NCc3cc4ccc(OC)cc4[nH]c3=O)cc2)CC1. The number of anilines is 2. The first-order valence-corrected chi connectivity index (χ1v) is 10.7. The molecule has 0 spiro atoms. The van der Waals surface area contributed by atoms with E-state index in [1.807, 2.05) is 24.3 Å². The molecule has 31 heavy (non-hydrogen) atoms. The van der Waals surface area contributed by atoms with Gasteiger partial charge in [0.1, 0.15) is 5.75 Å². The molecule has 0 radical (unpaired) electrons. The zero-order chi connectivity index (χ0) is 21.6. The second kappa shape index (κ2) is 9.85. The lowest BCUT2D eigenvalue weighted by atomic mass is 10.1. The number of aromatic nitrogens is 1. The zero-order valence-corrected chi connectivity index (χ0v) is 18.2. The van der Waals surface area contributed by atoms with Crippen LogP contribution in [0, 0.1) is 0 Å². The molecular formula is C24H30N4O3. The van der Waals surface area contributed by atoms with E-state index in [1.54, 1.807) is 14.2 Å². The molecule has 7 nitrogen and oxygen atoms in total. The number of aromatic amines is 1. The Morgan fingerprint density at radius 3 is 2.48 bits per heavy atom. The van der Waals surface area contributed by atoms with E-state index in [2.05, 4.69) is 44.4 Å². The van der Waals surface area contributed by atoms with Crippen LogP contribution in [0.3, 0.4) is 0 Å². The summed E-state index contributed by atoms with van der Waals surface area (Å²) in [6, 6.07) is 16.1. The number of hydrogen-bond donors (Lipinski definition) is 2. The highest BCUT2D eigenvalue weighted by atomic mass is 16.5. The lowest BCUT2D eigenvalue weighted by molar-refractivity contribution is 0.144. The molecule has 164 valence electrons. The number of methoxy groups -OCH3 is 2. The quantitative estimate of drug-likeness (QED) is 0.582. The Bertz CT molecular complexity index is 1060. The minimum atomic E-state index is -0.0868. The van der Waals surface area contributed by atoms with Crippen molar-refractivity contribution in [2.75, 3.05) is 63.8 Å². The Hall–Kier alpha value is -3.03. The van der Waals surface area contributed by atoms with Crippen molar-refractivity contribution in [1.82, 2.24) is 9.88 Å². The normalized spacial score (nSPS) is 14.7. The van der Waals surface area contributed by atoms with Gasteiger partial charge in [0.25, 0.3) is 5.56 Å². The number of fused-ring (bicyclic) bond motifs is 1. The summed E-state index contributed by atoms with van der Waals surface area (Å²) in [6.07, 6.45) is 0. The van der Waals surface area contributed by atoms with Crippen LogP contribution < -0.4 is 20.5 Å². The molecule has 3 aromatic rings. The molecule has 1 aliphatic rings. The van der Waals surface area contributed by atoms with E-state index >= 15 is 0 Å². The fourth-order valence-electron chi connectivity index (χ4n) is 3.92. The molecular weight excluding hydrogens is 392 g/mol. The molecule has 1 saturated heterocycles. The van der Waals surface area contributed by atoms with Crippen LogP contribution in [-0.2, 0) is 11.3 Å². The molecule has 0 aliphatic carbocycles. The Balaban J connectivity index is 1.35. The number of piperazine rings is 1. The average Bonchev–Trinajstić information content (AvgIpc) is 2.81. The summed E-state index contributed by atoms with van der Waals surface area (Å²) in [5.41, 5.74) is 3.62. The third kappa shape index (κ3) is 5.18. The van der Waals surface area contributed by atoms with Gasteiger partial charge in [-0.1, -0.05) is 0 Å². The summed E-state index contributed by atoms with van der Waals surface area (Å²) in [7, 11) is 3.37. The second-order valence-corrected chi connectivity index (χ2v) is 7.80. The second-order valence-electron chi connectivity index (χ2n) is 7.80. The smallest absolute Gasteiger partial charge is 0.253 e. The Kier molecular flexibility index (Phi) is 6.74. The Morgan fingerprint density at radius 1 is 1.00 bits per heavy atom. The highest BCUT2D eigenvalue weighted by Gasteiger charge is 2.16. The number of ether oxygens (including phenoxy) is 2. The van der Waals surface area contributed by atoms with Gasteiger partial charge in [-0.25, -0.2) is 0 Å². The van der Waals surface area contributed by atoms with Crippen LogP contribution in [0.4, 0.5) is 11.4 Å². The highest BCUT2D eigenvalue weighted by Crippen LogP contribution is 2.21. The van der Waals surface area contributed by atoms with Crippen LogP contribution in [0.25, 0.3) is 10.9 Å². The number of rotatable bonds is 8. The van der Waals surface area contributed by atoms with E-state index in [0.29, 0.717) is 12.1 Å². The first-order valence-electron chi connectivity index (χ1n) is 10.7. The number of nitrogens with zero attached hydrogens (tertiary/aromatic N) is 2. The van der Waals surface area contributed by atoms with Gasteiger partial charge in [0, 0.05) is 69.4 Å². The summed E-state index contributed by atoms with van der Waals surface area (Å²) in [4.78, 5) is 20.2. The number of pyridine rings is 1. The third-order valence-electron chi connectivity index (χ3n) is 5.83. The number of benzene rings is 2. The maximum atomic E-state index is 12.5. The number of hydrogen-bond acceptors (Lipinski definition) is 6. The Labute approximate surface area is 182 Å². The molecule has 4 rings (SSSR count). The summed E-state index contributed by atoms with van der Waals surface area (Å²) in [5, 5.41) is 4.35. The van der Waals surface area contributed by atoms with Crippen molar-refractivity contribution >= 4 is 22.3 Å². The van der Waals surface area contributed by atoms with Gasteiger partial charge in [-0.3, -0.25) is 9.69 Å². The van der Waals surface area contributed by atoms with Gasteiger partial charge in [0.05, 0.1) is 19.2 Å². The van der Waals surface area contributed by atoms with Gasteiger partial charge in [-0.15, -0.1) is 0 Å². The van der Waals surface area contributed by atoms with Crippen LogP contribution in [0.15, 0.2) is 53.3 Å². The molecule has 0 saturated carbocycles. The van der Waals surface area contributed by atoms with Crippen molar-refractivity contribution in [3.63, 3.8) is 0 Å². The molecule has 1 fully saturated rings. The standard InChI is InChI=1S/C24H30N4O3/c1-30-14-13-27-9-11-28(12-10-27)21-6-4-20(5-7-21)25-17-19-15-18-3-8-22(31-2)16-23(18)26-24(19)29/h3-8,15-16,25H,9-14,17H2,1-2H3,(H,26,29). The zero-order valence-electron chi connectivity index (χ0n) is 18.2. The molecule has 2 aromatic carbocycles. The third-order valence-corrected chi connectivity index (χ3v) is 5.83. The maximum Gasteiger partial charge on any atom is 0.253 e. The van der Waals surface area contributed by atoms with Gasteiger partial charge < -0.3 is 24.7 Å². The van der Waals surface area contributed by atoms with Gasteiger partial charge in [0.2, 0.25) is 0 Å². The van der Waals surface area contributed by atoms with E-state index in [9.17, 15) is 4.79 Å². The van der Waals surface area contributed by atoms with Crippen molar-refractivity contribution in [3.8, 4) is 5.75 Å². The van der Waals surface area contributed by atoms with Gasteiger partial charge in [-0.05, 0) is 47.9 Å². The first-order chi connectivity index (χ1) is 15.2. The molecule has 0 atom stereocenters. The van der Waals surface area contributed by atoms with E-state index in [0.717, 1.165) is 61.7 Å². The van der Waals surface area contributed by atoms with Crippen molar-refractivity contribution in [2.45, 2.75) is 6.54 Å². The molecule has 2 heterocycles. The van der Waals surface area contributed by atoms with E-state index in [4.69, 9.17) is 9.47 Å². The molecule has 0 amide bonds. The fraction of sp³-hybridized carbons (Fsp3) is 0.375. The van der Waals surface area contributed by atoms with Gasteiger partial charge >= 0.3 is 0 Å². The van der Waals surface area contributed by atoms with Crippen LogP contribution in [0.1, 0.15) is 5.56 Å². The van der Waals surface area contributed by atoms with Crippen LogP contribution in [-0.4, -0.2) is 63.4 Å². The number of nitrogens with one attached hydrogen (secondary N) is 2. The summed E-state index contributed by atoms with van der Waals surface area (Å²) in [5.74, 6) is 0.727. The van der Waals surface area contributed by atoms with E-state index in [-0.39, 0.29) is 5.56 Å². The highest BCUT2D eigenvalue weighted by molar-refractivity contribution is 5.80. The molecule has 1 aromatic heterocycles. The summed E-state index contributed by atoms with van der Waals surface area (Å²) in [6.45, 7) is 6.40. The van der Waals surface area contributed by atoms with Crippen molar-refractivity contribution < 1.29 is 9.47 Å². The van der Waals surface area contributed by atoms with Crippen LogP contribution in [0.5, 0.6) is 5.75 Å². The fourth-order valence-corrected chi connectivity index (χ4v) is 3.92. The molecule has 1 aliphatic heterocycles. The Morgan fingerprint density at radius 2 is 1.77 bits per heavy atom. The largest absolute Gasteiger partial charge is 0.497 e. The lowest BCUT2D eigenvalue weighted by Gasteiger charge is -2.36. The summed E-state index contributed by atoms with van der Waals surface area (Å²) < 4.78 is 10.4. The first kappa shape index (κ1) is 21.2. The van der Waals surface area contributed by atoms with Crippen molar-refractivity contribution in [1.29, 1.82) is 0 Å². The predicted molar refractivity (Wildman–Crippen MR) is 125 cm³/mol. The monoisotopic (exact) mass is 422 g/mol. The van der Waals surface area contributed by atoms with Crippen LogP contribution in [0.2, 0.25) is 0 Å². The lowest BCUT2D eigenvalue weighted by Crippen LogP contribution is -2.47. The topological polar surface area (TPSA) is 69.8 Å². The average molecular weight is 423 g/mol. The molecule has 7 heteroatoms. The molecule has 0 unspecified atom stereocenters. The molecule has 2 N–H and O–H groups in total. The predicted octanol–water partition coefficient (Wildman–Crippen LogP) is 2.92. The van der Waals surface area contributed by atoms with Gasteiger partial charge in [0.15, 0.2) is 0 Å². The van der Waals surface area contributed by atoms with Crippen LogP contribution >= 0.6 is 0 Å². The molecule has 0 bridgehead atoms.